The molecule has 2 rings (SSSR count). The van der Waals surface area contributed by atoms with Crippen LogP contribution in [0.25, 0.3) is 0 Å². The van der Waals surface area contributed by atoms with Crippen LogP contribution in [0.3, 0.4) is 0 Å². The van der Waals surface area contributed by atoms with Crippen LogP contribution in [-0.4, -0.2) is 33.6 Å². The largest absolute Gasteiger partial charge is 0.503 e. The van der Waals surface area contributed by atoms with E-state index in [-0.39, 0.29) is 17.3 Å². The number of anilines is 1. The zero-order valence-electron chi connectivity index (χ0n) is 10.3. The molecule has 0 unspecified atom stereocenters. The molecule has 0 aliphatic rings. The highest BCUT2D eigenvalue weighted by Gasteiger charge is 2.07. The van der Waals surface area contributed by atoms with Crippen LogP contribution in [0.2, 0.25) is 0 Å². The summed E-state index contributed by atoms with van der Waals surface area (Å²) in [5.41, 5.74) is 2.82. The Morgan fingerprint density at radius 1 is 1.55 bits per heavy atom. The van der Waals surface area contributed by atoms with Gasteiger partial charge in [0.25, 0.3) is 5.56 Å². The van der Waals surface area contributed by atoms with Crippen molar-refractivity contribution in [2.45, 2.75) is 0 Å². The Morgan fingerprint density at radius 3 is 3.05 bits per heavy atom. The molecule has 1 aromatic carbocycles. The van der Waals surface area contributed by atoms with Gasteiger partial charge in [0.15, 0.2) is 11.5 Å². The Bertz CT molecular complexity index is 701. The van der Waals surface area contributed by atoms with E-state index in [1.54, 1.807) is 12.1 Å². The first kappa shape index (κ1) is 14.0. The standard InChI is InChI=1S/C11H10BrN5O3/c1-20-8-3-6(2-7(12)10(8)19)4-13-16-11-15-9(18)5-14-17-11/h2-5,19H,1H3,(H2,15,16,17,18)/b13-4+. The second kappa shape index (κ2) is 6.15. The summed E-state index contributed by atoms with van der Waals surface area (Å²) < 4.78 is 5.49. The van der Waals surface area contributed by atoms with Gasteiger partial charge in [-0.2, -0.15) is 5.10 Å². The molecule has 0 spiro atoms. The summed E-state index contributed by atoms with van der Waals surface area (Å²) in [6.07, 6.45) is 2.52. The van der Waals surface area contributed by atoms with Gasteiger partial charge < -0.3 is 9.84 Å². The number of hydrazone groups is 1. The van der Waals surface area contributed by atoms with E-state index in [0.29, 0.717) is 15.8 Å². The number of nitrogens with one attached hydrogen (secondary N) is 2. The average Bonchev–Trinajstić information content (AvgIpc) is 2.42. The Hall–Kier alpha value is -2.42. The molecule has 20 heavy (non-hydrogen) atoms. The summed E-state index contributed by atoms with van der Waals surface area (Å²) in [4.78, 5) is 13.4. The maximum absolute atomic E-state index is 11.0. The van der Waals surface area contributed by atoms with Crippen molar-refractivity contribution in [3.63, 3.8) is 0 Å². The SMILES string of the molecule is COc1cc(/C=N/Nc2nncc(=O)[nH]2)cc(Br)c1O. The molecule has 0 saturated carbocycles. The van der Waals surface area contributed by atoms with Gasteiger partial charge in [0.2, 0.25) is 5.95 Å². The summed E-state index contributed by atoms with van der Waals surface area (Å²) in [6, 6.07) is 3.26. The minimum atomic E-state index is -0.383. The maximum atomic E-state index is 11.0. The van der Waals surface area contributed by atoms with Gasteiger partial charge in [0.1, 0.15) is 6.20 Å². The number of nitrogens with zero attached hydrogens (tertiary/aromatic N) is 3. The highest BCUT2D eigenvalue weighted by Crippen LogP contribution is 2.34. The topological polar surface area (TPSA) is 112 Å². The second-order valence-corrected chi connectivity index (χ2v) is 4.46. The summed E-state index contributed by atoms with van der Waals surface area (Å²) in [7, 11) is 1.45. The monoisotopic (exact) mass is 339 g/mol. The van der Waals surface area contributed by atoms with E-state index in [2.05, 4.69) is 41.6 Å². The fourth-order valence-corrected chi connectivity index (χ4v) is 1.81. The molecule has 0 radical (unpaired) electrons. The summed E-state index contributed by atoms with van der Waals surface area (Å²) in [6.45, 7) is 0. The van der Waals surface area contributed by atoms with E-state index in [1.807, 2.05) is 0 Å². The Labute approximate surface area is 121 Å². The summed E-state index contributed by atoms with van der Waals surface area (Å²) >= 11 is 3.20. The molecule has 0 amide bonds. The molecule has 0 atom stereocenters. The van der Waals surface area contributed by atoms with Crippen LogP contribution in [0.5, 0.6) is 11.5 Å². The van der Waals surface area contributed by atoms with E-state index >= 15 is 0 Å². The van der Waals surface area contributed by atoms with E-state index < -0.39 is 0 Å². The molecule has 3 N–H and O–H groups in total. The molecule has 0 aliphatic carbocycles. The zero-order chi connectivity index (χ0) is 14.5. The zero-order valence-corrected chi connectivity index (χ0v) is 11.9. The van der Waals surface area contributed by atoms with Crippen molar-refractivity contribution in [1.82, 2.24) is 15.2 Å². The number of hydrogen-bond donors (Lipinski definition) is 3. The van der Waals surface area contributed by atoms with Gasteiger partial charge >= 0.3 is 0 Å². The molecule has 2 aromatic rings. The first-order valence-electron chi connectivity index (χ1n) is 5.37. The van der Waals surface area contributed by atoms with E-state index in [9.17, 15) is 9.90 Å². The van der Waals surface area contributed by atoms with Gasteiger partial charge in [-0.3, -0.25) is 9.78 Å². The predicted molar refractivity (Wildman–Crippen MR) is 76.2 cm³/mol. The van der Waals surface area contributed by atoms with Crippen LogP contribution >= 0.6 is 15.9 Å². The number of rotatable bonds is 4. The number of benzene rings is 1. The van der Waals surface area contributed by atoms with Gasteiger partial charge in [-0.05, 0) is 33.6 Å². The summed E-state index contributed by atoms with van der Waals surface area (Å²) in [5.74, 6) is 0.447. The second-order valence-electron chi connectivity index (χ2n) is 3.61. The smallest absolute Gasteiger partial charge is 0.271 e. The third-order valence-corrected chi connectivity index (χ3v) is 2.83. The van der Waals surface area contributed by atoms with Crippen LogP contribution in [0, 0.1) is 0 Å². The van der Waals surface area contributed by atoms with Crippen molar-refractivity contribution in [3.05, 3.63) is 38.7 Å². The van der Waals surface area contributed by atoms with Gasteiger partial charge in [-0.1, -0.05) is 0 Å². The van der Waals surface area contributed by atoms with Crippen LogP contribution in [0.1, 0.15) is 5.56 Å². The van der Waals surface area contributed by atoms with Gasteiger partial charge in [-0.25, -0.2) is 5.43 Å². The van der Waals surface area contributed by atoms with E-state index in [1.165, 1.54) is 13.3 Å². The first-order chi connectivity index (χ1) is 9.60. The number of aromatic amines is 1. The van der Waals surface area contributed by atoms with Crippen molar-refractivity contribution in [3.8, 4) is 11.5 Å². The van der Waals surface area contributed by atoms with Crippen LogP contribution in [0.4, 0.5) is 5.95 Å². The molecule has 0 bridgehead atoms. The number of H-pyrrole nitrogens is 1. The number of phenolic OH excluding ortho intramolecular Hbond substituents is 1. The van der Waals surface area contributed by atoms with Crippen molar-refractivity contribution >= 4 is 28.1 Å². The molecule has 0 saturated heterocycles. The average molecular weight is 340 g/mol. The summed E-state index contributed by atoms with van der Waals surface area (Å²) in [5, 5.41) is 20.7. The number of aromatic nitrogens is 3. The van der Waals surface area contributed by atoms with Gasteiger partial charge in [-0.15, -0.1) is 10.2 Å². The number of hydrogen-bond acceptors (Lipinski definition) is 7. The molecule has 104 valence electrons. The fourth-order valence-electron chi connectivity index (χ4n) is 1.36. The molecule has 8 nitrogen and oxygen atoms in total. The number of halogens is 1. The van der Waals surface area contributed by atoms with Crippen LogP contribution in [-0.2, 0) is 0 Å². The molecule has 0 aliphatic heterocycles. The number of ether oxygens (including phenoxy) is 1. The van der Waals surface area contributed by atoms with Gasteiger partial charge in [0.05, 0.1) is 17.8 Å². The minimum Gasteiger partial charge on any atom is -0.503 e. The number of aromatic hydroxyl groups is 1. The Kier molecular flexibility index (Phi) is 4.31. The van der Waals surface area contributed by atoms with Crippen LogP contribution in [0.15, 0.2) is 32.7 Å². The fraction of sp³-hybridized carbons (Fsp3) is 0.0909. The van der Waals surface area contributed by atoms with Crippen molar-refractivity contribution in [1.29, 1.82) is 0 Å². The lowest BCUT2D eigenvalue weighted by Crippen LogP contribution is -2.10. The number of phenols is 1. The highest BCUT2D eigenvalue weighted by molar-refractivity contribution is 9.10. The Morgan fingerprint density at radius 2 is 2.35 bits per heavy atom. The highest BCUT2D eigenvalue weighted by atomic mass is 79.9. The Balaban J connectivity index is 2.16. The molecular weight excluding hydrogens is 330 g/mol. The van der Waals surface area contributed by atoms with Gasteiger partial charge in [0, 0.05) is 0 Å². The molecule has 0 fully saturated rings. The number of methoxy groups -OCH3 is 1. The predicted octanol–water partition coefficient (Wildman–Crippen LogP) is 1.09. The normalized spacial score (nSPS) is 10.7. The van der Waals surface area contributed by atoms with Crippen LogP contribution < -0.4 is 15.7 Å². The minimum absolute atomic E-state index is 0.0101. The molecule has 1 heterocycles. The van der Waals surface area contributed by atoms with E-state index in [0.717, 1.165) is 6.20 Å². The lowest BCUT2D eigenvalue weighted by atomic mass is 10.2. The quantitative estimate of drug-likeness (QED) is 0.567. The lowest BCUT2D eigenvalue weighted by molar-refractivity contribution is 0.372. The van der Waals surface area contributed by atoms with Crippen molar-refractivity contribution in [2.24, 2.45) is 5.10 Å². The lowest BCUT2D eigenvalue weighted by Gasteiger charge is -2.06. The molecule has 9 heteroatoms. The van der Waals surface area contributed by atoms with Crippen molar-refractivity contribution in [2.75, 3.05) is 12.5 Å². The first-order valence-corrected chi connectivity index (χ1v) is 6.17. The molecular formula is C11H10BrN5O3. The maximum Gasteiger partial charge on any atom is 0.271 e. The molecule has 1 aromatic heterocycles. The van der Waals surface area contributed by atoms with Crippen molar-refractivity contribution < 1.29 is 9.84 Å². The van der Waals surface area contributed by atoms with E-state index in [4.69, 9.17) is 4.74 Å². The third-order valence-electron chi connectivity index (χ3n) is 2.23. The third kappa shape index (κ3) is 3.32.